The third-order valence-electron chi connectivity index (χ3n) is 4.77. The Morgan fingerprint density at radius 1 is 1.29 bits per heavy atom. The van der Waals surface area contributed by atoms with Crippen LogP contribution >= 0.6 is 11.6 Å². The summed E-state index contributed by atoms with van der Waals surface area (Å²) in [7, 11) is 0. The van der Waals surface area contributed by atoms with Crippen LogP contribution in [0.1, 0.15) is 42.5 Å². The molecule has 0 radical (unpaired) electrons. The standard InChI is InChI=1S/C16H22ClN3O/c17-13-9-10(6-7-11(13)16(18)21)20-15-4-1-3-12(15)14-5-2-8-19-14/h6-7,9,12,14-15,19-20H,1-5,8H2,(H2,18,21). The van der Waals surface area contributed by atoms with Crippen LogP contribution in [0, 0.1) is 5.92 Å². The highest BCUT2D eigenvalue weighted by Gasteiger charge is 2.34. The number of primary amides is 1. The molecule has 4 nitrogen and oxygen atoms in total. The molecule has 1 aromatic rings. The predicted octanol–water partition coefficient (Wildman–Crippen LogP) is 2.77. The van der Waals surface area contributed by atoms with Gasteiger partial charge in [0.1, 0.15) is 0 Å². The van der Waals surface area contributed by atoms with Crippen molar-refractivity contribution in [3.63, 3.8) is 0 Å². The molecule has 2 aliphatic rings. The lowest BCUT2D eigenvalue weighted by Gasteiger charge is -2.27. The highest BCUT2D eigenvalue weighted by Crippen LogP contribution is 2.34. The van der Waals surface area contributed by atoms with Crippen LogP contribution in [0.25, 0.3) is 0 Å². The molecule has 0 spiro atoms. The highest BCUT2D eigenvalue weighted by molar-refractivity contribution is 6.34. The zero-order valence-corrected chi connectivity index (χ0v) is 12.8. The molecule has 3 rings (SSSR count). The Labute approximate surface area is 130 Å². The molecular weight excluding hydrogens is 286 g/mol. The van der Waals surface area contributed by atoms with Gasteiger partial charge in [0, 0.05) is 17.8 Å². The van der Waals surface area contributed by atoms with Gasteiger partial charge in [-0.3, -0.25) is 4.79 Å². The number of hydrogen-bond donors (Lipinski definition) is 3. The summed E-state index contributed by atoms with van der Waals surface area (Å²) in [6.45, 7) is 1.15. The molecule has 1 saturated carbocycles. The molecule has 21 heavy (non-hydrogen) atoms. The summed E-state index contributed by atoms with van der Waals surface area (Å²) >= 11 is 6.12. The van der Waals surface area contributed by atoms with E-state index >= 15 is 0 Å². The lowest BCUT2D eigenvalue weighted by Crippen LogP contribution is -2.38. The number of benzene rings is 1. The van der Waals surface area contributed by atoms with Gasteiger partial charge in [-0.05, 0) is 56.3 Å². The third kappa shape index (κ3) is 3.16. The summed E-state index contributed by atoms with van der Waals surface area (Å²) in [5.74, 6) is 0.197. The molecule has 3 atom stereocenters. The topological polar surface area (TPSA) is 67.2 Å². The second kappa shape index (κ2) is 6.24. The van der Waals surface area contributed by atoms with E-state index in [1.54, 1.807) is 12.1 Å². The van der Waals surface area contributed by atoms with Crippen molar-refractivity contribution in [3.05, 3.63) is 28.8 Å². The van der Waals surface area contributed by atoms with Crippen molar-refractivity contribution in [1.29, 1.82) is 0 Å². The van der Waals surface area contributed by atoms with Crippen molar-refractivity contribution >= 4 is 23.2 Å². The van der Waals surface area contributed by atoms with Gasteiger partial charge in [-0.1, -0.05) is 18.0 Å². The second-order valence-electron chi connectivity index (χ2n) is 6.11. The van der Waals surface area contributed by atoms with Crippen LogP contribution in [-0.4, -0.2) is 24.5 Å². The maximum atomic E-state index is 11.2. The summed E-state index contributed by atoms with van der Waals surface area (Å²) in [6, 6.07) is 6.52. The van der Waals surface area contributed by atoms with Gasteiger partial charge < -0.3 is 16.4 Å². The quantitative estimate of drug-likeness (QED) is 0.801. The molecule has 1 amide bonds. The van der Waals surface area contributed by atoms with Crippen LogP contribution in [0.3, 0.4) is 0 Å². The molecule has 1 aromatic carbocycles. The molecule has 1 aliphatic carbocycles. The first kappa shape index (κ1) is 14.7. The fourth-order valence-corrected chi connectivity index (χ4v) is 4.02. The zero-order valence-electron chi connectivity index (χ0n) is 12.1. The Bertz CT molecular complexity index is 528. The molecule has 0 bridgehead atoms. The lowest BCUT2D eigenvalue weighted by molar-refractivity contribution is 0.100. The number of nitrogens with two attached hydrogens (primary N) is 1. The average Bonchev–Trinajstić information content (AvgIpc) is 3.08. The smallest absolute Gasteiger partial charge is 0.250 e. The van der Waals surface area contributed by atoms with Crippen LogP contribution in [-0.2, 0) is 0 Å². The monoisotopic (exact) mass is 307 g/mol. The van der Waals surface area contributed by atoms with E-state index in [2.05, 4.69) is 10.6 Å². The van der Waals surface area contributed by atoms with Crippen LogP contribution in [0.2, 0.25) is 5.02 Å². The van der Waals surface area contributed by atoms with E-state index in [-0.39, 0.29) is 0 Å². The van der Waals surface area contributed by atoms with Crippen molar-refractivity contribution in [3.8, 4) is 0 Å². The van der Waals surface area contributed by atoms with Crippen molar-refractivity contribution in [2.75, 3.05) is 11.9 Å². The summed E-state index contributed by atoms with van der Waals surface area (Å²) in [4.78, 5) is 11.2. The zero-order chi connectivity index (χ0) is 14.8. The Balaban J connectivity index is 1.70. The minimum atomic E-state index is -0.486. The van der Waals surface area contributed by atoms with E-state index in [1.807, 2.05) is 6.07 Å². The van der Waals surface area contributed by atoms with Gasteiger partial charge in [0.05, 0.1) is 10.6 Å². The van der Waals surface area contributed by atoms with Crippen LogP contribution in [0.5, 0.6) is 0 Å². The van der Waals surface area contributed by atoms with Gasteiger partial charge in [0.2, 0.25) is 5.91 Å². The Morgan fingerprint density at radius 3 is 2.81 bits per heavy atom. The van der Waals surface area contributed by atoms with Gasteiger partial charge in [-0.25, -0.2) is 0 Å². The first-order chi connectivity index (χ1) is 10.1. The summed E-state index contributed by atoms with van der Waals surface area (Å²) in [5, 5.41) is 7.64. The maximum Gasteiger partial charge on any atom is 0.250 e. The maximum absolute atomic E-state index is 11.2. The summed E-state index contributed by atoms with van der Waals surface area (Å²) in [5.41, 5.74) is 6.63. The van der Waals surface area contributed by atoms with Crippen LogP contribution < -0.4 is 16.4 Å². The number of anilines is 1. The van der Waals surface area contributed by atoms with E-state index in [0.29, 0.717) is 28.6 Å². The van der Waals surface area contributed by atoms with Crippen molar-refractivity contribution in [1.82, 2.24) is 5.32 Å². The average molecular weight is 308 g/mol. The van der Waals surface area contributed by atoms with Crippen LogP contribution in [0.4, 0.5) is 5.69 Å². The molecule has 1 saturated heterocycles. The number of nitrogens with one attached hydrogen (secondary N) is 2. The molecule has 0 aromatic heterocycles. The molecule has 3 unspecified atom stereocenters. The molecule has 1 heterocycles. The molecule has 2 fully saturated rings. The number of hydrogen-bond acceptors (Lipinski definition) is 3. The number of halogens is 1. The van der Waals surface area contributed by atoms with E-state index in [9.17, 15) is 4.79 Å². The lowest BCUT2D eigenvalue weighted by atomic mass is 9.93. The second-order valence-corrected chi connectivity index (χ2v) is 6.51. The normalized spacial score (nSPS) is 28.7. The molecular formula is C16H22ClN3O. The fourth-order valence-electron chi connectivity index (χ4n) is 3.75. The van der Waals surface area contributed by atoms with Gasteiger partial charge in [0.15, 0.2) is 0 Å². The third-order valence-corrected chi connectivity index (χ3v) is 5.08. The summed E-state index contributed by atoms with van der Waals surface area (Å²) in [6.07, 6.45) is 6.31. The predicted molar refractivity (Wildman–Crippen MR) is 85.7 cm³/mol. The van der Waals surface area contributed by atoms with Crippen molar-refractivity contribution < 1.29 is 4.79 Å². The van der Waals surface area contributed by atoms with Crippen molar-refractivity contribution in [2.45, 2.75) is 44.2 Å². The van der Waals surface area contributed by atoms with Gasteiger partial charge in [-0.15, -0.1) is 0 Å². The van der Waals surface area contributed by atoms with E-state index in [0.717, 1.165) is 12.2 Å². The summed E-state index contributed by atoms with van der Waals surface area (Å²) < 4.78 is 0. The number of amides is 1. The molecule has 5 heteroatoms. The van der Waals surface area contributed by atoms with Gasteiger partial charge in [-0.2, -0.15) is 0 Å². The van der Waals surface area contributed by atoms with Gasteiger partial charge in [0.25, 0.3) is 0 Å². The molecule has 4 N–H and O–H groups in total. The molecule has 114 valence electrons. The minimum Gasteiger partial charge on any atom is -0.382 e. The van der Waals surface area contributed by atoms with E-state index in [1.165, 1.54) is 32.1 Å². The number of carbonyl (C=O) groups excluding carboxylic acids is 1. The largest absolute Gasteiger partial charge is 0.382 e. The Morgan fingerprint density at radius 2 is 2.14 bits per heavy atom. The number of rotatable bonds is 4. The van der Waals surface area contributed by atoms with Crippen LogP contribution in [0.15, 0.2) is 18.2 Å². The van der Waals surface area contributed by atoms with E-state index < -0.39 is 5.91 Å². The number of carbonyl (C=O) groups is 1. The Kier molecular flexibility index (Phi) is 4.36. The minimum absolute atomic E-state index is 0.377. The van der Waals surface area contributed by atoms with Crippen molar-refractivity contribution in [2.24, 2.45) is 11.7 Å². The molecule has 1 aliphatic heterocycles. The van der Waals surface area contributed by atoms with Gasteiger partial charge >= 0.3 is 0 Å². The Hall–Kier alpha value is -1.26. The SMILES string of the molecule is NC(=O)c1ccc(NC2CCCC2C2CCCN2)cc1Cl. The fraction of sp³-hybridized carbons (Fsp3) is 0.562. The van der Waals surface area contributed by atoms with E-state index in [4.69, 9.17) is 17.3 Å². The highest BCUT2D eigenvalue weighted by atomic mass is 35.5. The first-order valence-corrected chi connectivity index (χ1v) is 8.12. The first-order valence-electron chi connectivity index (χ1n) is 7.74.